The van der Waals surface area contributed by atoms with Crippen LogP contribution in [0.15, 0.2) is 41.6 Å². The van der Waals surface area contributed by atoms with Gasteiger partial charge in [0.15, 0.2) is 0 Å². The maximum Gasteiger partial charge on any atom is 0.101 e. The van der Waals surface area contributed by atoms with Crippen molar-refractivity contribution < 1.29 is 0 Å². The molecule has 2 aromatic rings. The number of nitrogens with zero attached hydrogens (tertiary/aromatic N) is 1. The second kappa shape index (κ2) is 6.23. The normalized spacial score (nSPS) is 10.6. The Morgan fingerprint density at radius 3 is 2.78 bits per heavy atom. The third-order valence-electron chi connectivity index (χ3n) is 2.78. The van der Waals surface area contributed by atoms with E-state index in [1.165, 1.54) is 5.56 Å². The molecule has 1 heterocycles. The van der Waals surface area contributed by atoms with Crippen molar-refractivity contribution in [1.29, 1.82) is 0 Å². The van der Waals surface area contributed by atoms with Gasteiger partial charge in [0.1, 0.15) is 5.03 Å². The summed E-state index contributed by atoms with van der Waals surface area (Å²) >= 11 is 7.81. The summed E-state index contributed by atoms with van der Waals surface area (Å²) < 4.78 is 0. The van der Waals surface area contributed by atoms with E-state index >= 15 is 0 Å². The largest absolute Gasteiger partial charge is 0.326 e. The molecule has 2 rings (SSSR count). The second-order valence-electron chi connectivity index (χ2n) is 4.00. The van der Waals surface area contributed by atoms with E-state index in [4.69, 9.17) is 17.3 Å². The number of hydrogen-bond acceptors (Lipinski definition) is 3. The Bertz CT molecular complexity index is 543. The van der Waals surface area contributed by atoms with Gasteiger partial charge in [0.25, 0.3) is 0 Å². The highest BCUT2D eigenvalue weighted by Crippen LogP contribution is 2.28. The summed E-state index contributed by atoms with van der Waals surface area (Å²) in [5.74, 6) is 0.809. The van der Waals surface area contributed by atoms with Gasteiger partial charge in [-0.25, -0.2) is 4.98 Å². The van der Waals surface area contributed by atoms with Crippen molar-refractivity contribution in [2.75, 3.05) is 0 Å². The molecule has 18 heavy (non-hydrogen) atoms. The summed E-state index contributed by atoms with van der Waals surface area (Å²) in [6.07, 6.45) is 1.82. The van der Waals surface area contributed by atoms with Crippen LogP contribution < -0.4 is 5.73 Å². The van der Waals surface area contributed by atoms with Gasteiger partial charge in [-0.05, 0) is 30.2 Å². The minimum atomic E-state index is 0.518. The monoisotopic (exact) mass is 278 g/mol. The lowest BCUT2D eigenvalue weighted by atomic mass is 10.2. The van der Waals surface area contributed by atoms with E-state index in [-0.39, 0.29) is 0 Å². The number of aromatic nitrogens is 1. The van der Waals surface area contributed by atoms with Gasteiger partial charge in [-0.3, -0.25) is 0 Å². The summed E-state index contributed by atoms with van der Waals surface area (Å²) in [4.78, 5) is 4.39. The van der Waals surface area contributed by atoms with Gasteiger partial charge in [0.05, 0.1) is 0 Å². The average molecular weight is 279 g/mol. The van der Waals surface area contributed by atoms with E-state index in [0.717, 1.165) is 26.9 Å². The Morgan fingerprint density at radius 2 is 2.06 bits per heavy atom. The minimum absolute atomic E-state index is 0.518. The fourth-order valence-electron chi connectivity index (χ4n) is 1.70. The number of aryl methyl sites for hydroxylation is 1. The van der Waals surface area contributed by atoms with Crippen LogP contribution in [0.1, 0.15) is 16.7 Å². The van der Waals surface area contributed by atoms with Crippen LogP contribution in [0.4, 0.5) is 0 Å². The number of nitrogens with two attached hydrogens (primary N) is 1. The molecule has 0 aliphatic heterocycles. The van der Waals surface area contributed by atoms with Crippen LogP contribution in [-0.4, -0.2) is 4.98 Å². The summed E-state index contributed by atoms with van der Waals surface area (Å²) in [7, 11) is 0. The quantitative estimate of drug-likeness (QED) is 0.865. The smallest absolute Gasteiger partial charge is 0.101 e. The average Bonchev–Trinajstić information content (AvgIpc) is 2.38. The van der Waals surface area contributed by atoms with Crippen molar-refractivity contribution in [3.63, 3.8) is 0 Å². The van der Waals surface area contributed by atoms with Crippen LogP contribution in [0.3, 0.4) is 0 Å². The molecule has 0 atom stereocenters. The van der Waals surface area contributed by atoms with Crippen LogP contribution in [0, 0.1) is 6.92 Å². The van der Waals surface area contributed by atoms with Crippen molar-refractivity contribution in [3.8, 4) is 0 Å². The highest BCUT2D eigenvalue weighted by atomic mass is 35.5. The van der Waals surface area contributed by atoms with Gasteiger partial charge in [-0.2, -0.15) is 0 Å². The van der Waals surface area contributed by atoms with Crippen molar-refractivity contribution in [2.45, 2.75) is 24.2 Å². The molecule has 0 fully saturated rings. The number of thioether (sulfide) groups is 1. The van der Waals surface area contributed by atoms with Gasteiger partial charge in [0, 0.05) is 29.1 Å². The Hall–Kier alpha value is -1.03. The molecule has 4 heteroatoms. The summed E-state index contributed by atoms with van der Waals surface area (Å²) in [6.45, 7) is 2.58. The van der Waals surface area contributed by atoms with Crippen molar-refractivity contribution in [1.82, 2.24) is 4.98 Å². The lowest BCUT2D eigenvalue weighted by Gasteiger charge is -2.09. The predicted octanol–water partition coefficient (Wildman–Crippen LogP) is 3.79. The Labute approximate surface area is 117 Å². The van der Waals surface area contributed by atoms with Crippen molar-refractivity contribution >= 4 is 23.4 Å². The van der Waals surface area contributed by atoms with Crippen molar-refractivity contribution in [3.05, 3.63) is 58.2 Å². The lowest BCUT2D eigenvalue weighted by molar-refractivity contribution is 0.942. The molecule has 94 valence electrons. The van der Waals surface area contributed by atoms with Gasteiger partial charge < -0.3 is 5.73 Å². The molecule has 0 aliphatic carbocycles. The highest BCUT2D eigenvalue weighted by molar-refractivity contribution is 7.98. The van der Waals surface area contributed by atoms with Gasteiger partial charge in [-0.1, -0.05) is 29.8 Å². The maximum atomic E-state index is 6.14. The Morgan fingerprint density at radius 1 is 1.28 bits per heavy atom. The first-order valence-corrected chi connectivity index (χ1v) is 7.09. The fraction of sp³-hybridized carbons (Fsp3) is 0.214. The second-order valence-corrected chi connectivity index (χ2v) is 5.37. The predicted molar refractivity (Wildman–Crippen MR) is 77.9 cm³/mol. The molecule has 2 N–H and O–H groups in total. The molecule has 0 aliphatic rings. The first-order chi connectivity index (χ1) is 8.72. The SMILES string of the molecule is Cc1ccnc(SCc2ccccc2Cl)c1CN. The molecular formula is C14H15ClN2S. The molecule has 0 spiro atoms. The molecule has 0 bridgehead atoms. The van der Waals surface area contributed by atoms with Crippen LogP contribution >= 0.6 is 23.4 Å². The van der Waals surface area contributed by atoms with Gasteiger partial charge in [-0.15, -0.1) is 11.8 Å². The molecule has 0 amide bonds. The number of pyridine rings is 1. The first-order valence-electron chi connectivity index (χ1n) is 5.73. The standard InChI is InChI=1S/C14H15ClN2S/c1-10-6-7-17-14(12(10)8-16)18-9-11-4-2-3-5-13(11)15/h2-7H,8-9,16H2,1H3. The fourth-order valence-corrected chi connectivity index (χ4v) is 3.08. The van der Waals surface area contributed by atoms with Crippen LogP contribution in [0.25, 0.3) is 0 Å². The third-order valence-corrected chi connectivity index (χ3v) is 4.23. The zero-order valence-corrected chi connectivity index (χ0v) is 11.8. The Balaban J connectivity index is 2.16. The molecule has 0 radical (unpaired) electrons. The zero-order chi connectivity index (χ0) is 13.0. The molecule has 0 saturated carbocycles. The molecule has 0 saturated heterocycles. The van der Waals surface area contributed by atoms with E-state index in [9.17, 15) is 0 Å². The molecule has 2 nitrogen and oxygen atoms in total. The van der Waals surface area contributed by atoms with Crippen LogP contribution in [-0.2, 0) is 12.3 Å². The molecule has 1 aromatic carbocycles. The van der Waals surface area contributed by atoms with Gasteiger partial charge in [0.2, 0.25) is 0 Å². The van der Waals surface area contributed by atoms with E-state index < -0.39 is 0 Å². The minimum Gasteiger partial charge on any atom is -0.326 e. The summed E-state index contributed by atoms with van der Waals surface area (Å²) in [5.41, 5.74) is 9.20. The number of hydrogen-bond donors (Lipinski definition) is 1. The molecular weight excluding hydrogens is 264 g/mol. The maximum absolute atomic E-state index is 6.14. The molecule has 0 unspecified atom stereocenters. The zero-order valence-electron chi connectivity index (χ0n) is 10.2. The highest BCUT2D eigenvalue weighted by Gasteiger charge is 2.07. The summed E-state index contributed by atoms with van der Waals surface area (Å²) in [5, 5.41) is 1.80. The molecule has 1 aromatic heterocycles. The third kappa shape index (κ3) is 3.05. The topological polar surface area (TPSA) is 38.9 Å². The van der Waals surface area contributed by atoms with E-state index in [1.54, 1.807) is 11.8 Å². The Kier molecular flexibility index (Phi) is 4.64. The van der Waals surface area contributed by atoms with Crippen LogP contribution in [0.5, 0.6) is 0 Å². The number of benzene rings is 1. The first kappa shape index (κ1) is 13.4. The van der Waals surface area contributed by atoms with Gasteiger partial charge >= 0.3 is 0 Å². The van der Waals surface area contributed by atoms with E-state index in [2.05, 4.69) is 11.9 Å². The van der Waals surface area contributed by atoms with Crippen molar-refractivity contribution in [2.24, 2.45) is 5.73 Å². The summed E-state index contributed by atoms with van der Waals surface area (Å²) in [6, 6.07) is 9.86. The van der Waals surface area contributed by atoms with Crippen LogP contribution in [0.2, 0.25) is 5.02 Å². The lowest BCUT2D eigenvalue weighted by Crippen LogP contribution is -2.02. The van der Waals surface area contributed by atoms with E-state index in [1.807, 2.05) is 36.5 Å². The number of rotatable bonds is 4. The van der Waals surface area contributed by atoms with E-state index in [0.29, 0.717) is 6.54 Å². The number of halogens is 1.